The normalized spacial score (nSPS) is 12.0. The number of unbranched alkanes of at least 4 members (excludes halogenated alkanes) is 1. The molecule has 0 unspecified atom stereocenters. The Labute approximate surface area is 60.6 Å². The Hall–Kier alpha value is -0.180. The second-order valence-electron chi connectivity index (χ2n) is 2.46. The van der Waals surface area contributed by atoms with Crippen LogP contribution in [0.4, 0.5) is 8.78 Å². The van der Waals surface area contributed by atoms with Crippen molar-refractivity contribution in [3.63, 3.8) is 0 Å². The van der Waals surface area contributed by atoms with Crippen LogP contribution in [-0.4, -0.2) is 12.5 Å². The van der Waals surface area contributed by atoms with Crippen LogP contribution in [0.5, 0.6) is 0 Å². The molecule has 0 atom stereocenters. The summed E-state index contributed by atoms with van der Waals surface area (Å²) in [7, 11) is 0. The largest absolute Gasteiger partial charge is 0.330 e. The lowest BCUT2D eigenvalue weighted by atomic mass is 10.1. The Bertz CT molecular complexity index is 83.7. The maximum Gasteiger partial charge on any atom is 0.247 e. The first-order chi connectivity index (χ1) is 4.62. The van der Waals surface area contributed by atoms with Crippen LogP contribution < -0.4 is 5.73 Å². The van der Waals surface area contributed by atoms with Crippen molar-refractivity contribution >= 4 is 0 Å². The van der Waals surface area contributed by atoms with Gasteiger partial charge in [-0.1, -0.05) is 6.92 Å². The fourth-order valence-corrected chi connectivity index (χ4v) is 0.705. The molecule has 0 aromatic carbocycles. The van der Waals surface area contributed by atoms with E-state index >= 15 is 0 Å². The molecule has 0 saturated heterocycles. The van der Waals surface area contributed by atoms with Gasteiger partial charge in [0.1, 0.15) is 0 Å². The summed E-state index contributed by atoms with van der Waals surface area (Å²) in [6, 6.07) is 0. The van der Waals surface area contributed by atoms with E-state index in [1.165, 1.54) is 6.92 Å². The molecule has 0 aliphatic carbocycles. The first-order valence-electron chi connectivity index (χ1n) is 3.70. The SMILES string of the molecule is CCC(F)(F)CCCCN. The van der Waals surface area contributed by atoms with E-state index in [0.717, 1.165) is 0 Å². The van der Waals surface area contributed by atoms with Gasteiger partial charge < -0.3 is 5.73 Å². The minimum absolute atomic E-state index is 0.0132. The molecule has 0 spiro atoms. The van der Waals surface area contributed by atoms with Crippen molar-refractivity contribution < 1.29 is 8.78 Å². The molecule has 3 heteroatoms. The van der Waals surface area contributed by atoms with E-state index in [9.17, 15) is 8.78 Å². The van der Waals surface area contributed by atoms with Crippen LogP contribution in [-0.2, 0) is 0 Å². The van der Waals surface area contributed by atoms with Gasteiger partial charge in [0.25, 0.3) is 0 Å². The molecule has 0 aromatic heterocycles. The second-order valence-corrected chi connectivity index (χ2v) is 2.46. The first-order valence-corrected chi connectivity index (χ1v) is 3.70. The van der Waals surface area contributed by atoms with Gasteiger partial charge in [0.15, 0.2) is 0 Å². The van der Waals surface area contributed by atoms with E-state index in [1.54, 1.807) is 0 Å². The lowest BCUT2D eigenvalue weighted by molar-refractivity contribution is -0.0134. The zero-order valence-electron chi connectivity index (χ0n) is 6.37. The standard InChI is InChI=1S/C7H15F2N/c1-2-7(8,9)5-3-4-6-10/h2-6,10H2,1H3. The van der Waals surface area contributed by atoms with Crippen LogP contribution in [0, 0.1) is 0 Å². The predicted molar refractivity (Wildman–Crippen MR) is 38.1 cm³/mol. The van der Waals surface area contributed by atoms with Crippen LogP contribution in [0.1, 0.15) is 32.6 Å². The van der Waals surface area contributed by atoms with E-state index in [-0.39, 0.29) is 12.8 Å². The highest BCUT2D eigenvalue weighted by atomic mass is 19.3. The lowest BCUT2D eigenvalue weighted by Gasteiger charge is -2.12. The highest BCUT2D eigenvalue weighted by Gasteiger charge is 2.24. The van der Waals surface area contributed by atoms with Crippen molar-refractivity contribution in [2.75, 3.05) is 6.54 Å². The third-order valence-electron chi connectivity index (χ3n) is 1.51. The van der Waals surface area contributed by atoms with E-state index in [2.05, 4.69) is 0 Å². The molecule has 62 valence electrons. The summed E-state index contributed by atoms with van der Waals surface area (Å²) >= 11 is 0. The first kappa shape index (κ1) is 9.82. The molecular weight excluding hydrogens is 136 g/mol. The Balaban J connectivity index is 3.28. The van der Waals surface area contributed by atoms with Crippen molar-refractivity contribution in [3.8, 4) is 0 Å². The molecule has 2 N–H and O–H groups in total. The molecule has 0 rings (SSSR count). The summed E-state index contributed by atoms with van der Waals surface area (Å²) in [4.78, 5) is 0. The number of halogens is 2. The average molecular weight is 151 g/mol. The van der Waals surface area contributed by atoms with E-state index < -0.39 is 5.92 Å². The average Bonchev–Trinajstić information content (AvgIpc) is 1.89. The summed E-state index contributed by atoms with van der Waals surface area (Å²) in [6.07, 6.45) is 1.17. The third kappa shape index (κ3) is 4.68. The Morgan fingerprint density at radius 3 is 2.30 bits per heavy atom. The second kappa shape index (κ2) is 4.61. The van der Waals surface area contributed by atoms with Gasteiger partial charge in [0, 0.05) is 12.8 Å². The van der Waals surface area contributed by atoms with Gasteiger partial charge in [0.2, 0.25) is 5.92 Å². The van der Waals surface area contributed by atoms with Crippen LogP contribution in [0.3, 0.4) is 0 Å². The van der Waals surface area contributed by atoms with Crippen molar-refractivity contribution in [1.29, 1.82) is 0 Å². The third-order valence-corrected chi connectivity index (χ3v) is 1.51. The predicted octanol–water partition coefficient (Wildman–Crippen LogP) is 2.16. The molecule has 0 fully saturated rings. The molecule has 0 bridgehead atoms. The van der Waals surface area contributed by atoms with E-state index in [4.69, 9.17) is 5.73 Å². The summed E-state index contributed by atoms with van der Waals surface area (Å²) < 4.78 is 24.9. The van der Waals surface area contributed by atoms with Gasteiger partial charge in [0.05, 0.1) is 0 Å². The van der Waals surface area contributed by atoms with Gasteiger partial charge in [-0.05, 0) is 19.4 Å². The summed E-state index contributed by atoms with van der Waals surface area (Å²) in [5.74, 6) is -2.46. The Kier molecular flexibility index (Phi) is 4.52. The van der Waals surface area contributed by atoms with Crippen molar-refractivity contribution in [1.82, 2.24) is 0 Å². The molecule has 0 aromatic rings. The van der Waals surface area contributed by atoms with E-state index in [0.29, 0.717) is 19.4 Å². The van der Waals surface area contributed by atoms with Crippen LogP contribution in [0.15, 0.2) is 0 Å². The molecule has 0 radical (unpaired) electrons. The lowest BCUT2D eigenvalue weighted by Crippen LogP contribution is -2.14. The van der Waals surface area contributed by atoms with Gasteiger partial charge in [-0.2, -0.15) is 0 Å². The van der Waals surface area contributed by atoms with Gasteiger partial charge in [-0.3, -0.25) is 0 Å². The molecule has 0 aliphatic heterocycles. The number of hydrogen-bond acceptors (Lipinski definition) is 1. The minimum atomic E-state index is -2.46. The number of rotatable bonds is 5. The quantitative estimate of drug-likeness (QED) is 0.599. The molecule has 1 nitrogen and oxygen atoms in total. The molecule has 0 amide bonds. The highest BCUT2D eigenvalue weighted by Crippen LogP contribution is 2.24. The summed E-state index contributed by atoms with van der Waals surface area (Å²) in [5, 5.41) is 0. The Morgan fingerprint density at radius 2 is 1.90 bits per heavy atom. The number of nitrogens with two attached hydrogens (primary N) is 1. The highest BCUT2D eigenvalue weighted by molar-refractivity contribution is 4.62. The molecule has 10 heavy (non-hydrogen) atoms. The van der Waals surface area contributed by atoms with Crippen molar-refractivity contribution in [2.45, 2.75) is 38.5 Å². The van der Waals surface area contributed by atoms with E-state index in [1.807, 2.05) is 0 Å². The van der Waals surface area contributed by atoms with Crippen LogP contribution in [0.25, 0.3) is 0 Å². The van der Waals surface area contributed by atoms with Crippen LogP contribution in [0.2, 0.25) is 0 Å². The monoisotopic (exact) mass is 151 g/mol. The topological polar surface area (TPSA) is 26.0 Å². The van der Waals surface area contributed by atoms with Crippen LogP contribution >= 0.6 is 0 Å². The summed E-state index contributed by atoms with van der Waals surface area (Å²) in [6.45, 7) is 2.02. The zero-order valence-corrected chi connectivity index (χ0v) is 6.37. The number of alkyl halides is 2. The van der Waals surface area contributed by atoms with Gasteiger partial charge >= 0.3 is 0 Å². The van der Waals surface area contributed by atoms with Gasteiger partial charge in [-0.25, -0.2) is 8.78 Å². The maximum absolute atomic E-state index is 12.4. The Morgan fingerprint density at radius 1 is 1.30 bits per heavy atom. The molecule has 0 heterocycles. The number of hydrogen-bond donors (Lipinski definition) is 1. The van der Waals surface area contributed by atoms with Crippen molar-refractivity contribution in [2.24, 2.45) is 5.73 Å². The fourth-order valence-electron chi connectivity index (χ4n) is 0.705. The smallest absolute Gasteiger partial charge is 0.247 e. The molecular formula is C7H15F2N. The zero-order chi connectivity index (χ0) is 8.04. The fraction of sp³-hybridized carbons (Fsp3) is 1.00. The molecule has 0 aliphatic rings. The minimum Gasteiger partial charge on any atom is -0.330 e. The molecule has 0 saturated carbocycles. The maximum atomic E-state index is 12.4. The van der Waals surface area contributed by atoms with Crippen molar-refractivity contribution in [3.05, 3.63) is 0 Å². The summed E-state index contributed by atoms with van der Waals surface area (Å²) in [5.41, 5.74) is 5.15. The van der Waals surface area contributed by atoms with Gasteiger partial charge in [-0.15, -0.1) is 0 Å².